The first-order valence-electron chi connectivity index (χ1n) is 9.30. The Labute approximate surface area is 173 Å². The van der Waals surface area contributed by atoms with Crippen molar-refractivity contribution in [2.45, 2.75) is 25.4 Å². The highest BCUT2D eigenvalue weighted by Gasteiger charge is 2.22. The number of benzene rings is 2. The molecule has 0 saturated heterocycles. The number of halogens is 1. The fraction of sp³-hybridized carbons (Fsp3) is 0.227. The summed E-state index contributed by atoms with van der Waals surface area (Å²) in [6.07, 6.45) is 1.71. The number of hydrogen-bond acceptors (Lipinski definition) is 3. The molecule has 0 fully saturated rings. The lowest BCUT2D eigenvalue weighted by molar-refractivity contribution is 0.245. The summed E-state index contributed by atoms with van der Waals surface area (Å²) in [6.45, 7) is 1.86. The van der Waals surface area contributed by atoms with Gasteiger partial charge in [-0.1, -0.05) is 54.1 Å². The molecule has 3 N–H and O–H groups in total. The van der Waals surface area contributed by atoms with Gasteiger partial charge in [0.05, 0.1) is 16.9 Å². The molecular weight excluding hydrogens is 390 g/mol. The molecule has 1 unspecified atom stereocenters. The summed E-state index contributed by atoms with van der Waals surface area (Å²) < 4.78 is 0.825. The van der Waals surface area contributed by atoms with Crippen LogP contribution in [0, 0.1) is 0 Å². The number of anilines is 1. The first kappa shape index (κ1) is 18.8. The van der Waals surface area contributed by atoms with E-state index in [2.05, 4.69) is 46.6 Å². The molecular formula is C22H22ClN3OS. The van der Waals surface area contributed by atoms with Gasteiger partial charge < -0.3 is 16.0 Å². The Kier molecular flexibility index (Phi) is 5.55. The molecule has 1 aliphatic heterocycles. The molecule has 1 aromatic heterocycles. The number of fused-ring (bicyclic) bond motifs is 1. The molecule has 1 atom stereocenters. The van der Waals surface area contributed by atoms with Crippen molar-refractivity contribution in [1.29, 1.82) is 0 Å². The molecule has 0 saturated carbocycles. The zero-order chi connectivity index (χ0) is 19.5. The second-order valence-corrected chi connectivity index (χ2v) is 8.82. The van der Waals surface area contributed by atoms with Crippen molar-refractivity contribution in [2.75, 3.05) is 11.4 Å². The van der Waals surface area contributed by atoms with Gasteiger partial charge in [-0.3, -0.25) is 0 Å². The quantitative estimate of drug-likeness (QED) is 0.605. The minimum Gasteiger partial charge on any atom is -0.366 e. The molecule has 3 aromatic rings. The van der Waals surface area contributed by atoms with Crippen LogP contribution in [0.5, 0.6) is 0 Å². The number of hydrogen-bond donors (Lipinski definition) is 2. The zero-order valence-corrected chi connectivity index (χ0v) is 17.0. The second-order valence-electron chi connectivity index (χ2n) is 7.02. The third kappa shape index (κ3) is 4.32. The summed E-state index contributed by atoms with van der Waals surface area (Å²) in [4.78, 5) is 15.2. The maximum absolute atomic E-state index is 11.6. The van der Waals surface area contributed by atoms with E-state index in [1.165, 1.54) is 16.1 Å². The largest absolute Gasteiger partial charge is 0.366 e. The van der Waals surface area contributed by atoms with E-state index >= 15 is 0 Å². The second kappa shape index (κ2) is 8.25. The van der Waals surface area contributed by atoms with Crippen LogP contribution in [0.15, 0.2) is 60.7 Å². The fourth-order valence-corrected chi connectivity index (χ4v) is 4.87. The lowest BCUT2D eigenvalue weighted by Crippen LogP contribution is -2.34. The predicted molar refractivity (Wildman–Crippen MR) is 116 cm³/mol. The van der Waals surface area contributed by atoms with Gasteiger partial charge in [0.1, 0.15) is 0 Å². The molecule has 2 aromatic carbocycles. The first-order valence-corrected chi connectivity index (χ1v) is 10.5. The summed E-state index contributed by atoms with van der Waals surface area (Å²) in [5.41, 5.74) is 10.3. The number of carbonyl (C=O) groups is 1. The summed E-state index contributed by atoms with van der Waals surface area (Å²) in [7, 11) is 0. The summed E-state index contributed by atoms with van der Waals surface area (Å²) in [5.74, 6) is 0. The molecule has 0 spiro atoms. The number of rotatable bonds is 6. The lowest BCUT2D eigenvalue weighted by Gasteiger charge is -2.21. The van der Waals surface area contributed by atoms with Crippen LogP contribution in [-0.4, -0.2) is 12.6 Å². The standard InChI is InChI=1S/C22H22ClN3OS/c23-21-9-7-18(28-21)14-26-11-10-17-13-16(6-8-20(17)26)19(25-22(24)27)12-15-4-2-1-3-5-15/h1-9,13,19H,10-12,14H2,(H3,24,25,27). The number of amides is 2. The van der Waals surface area contributed by atoms with Gasteiger partial charge >= 0.3 is 6.03 Å². The van der Waals surface area contributed by atoms with Crippen LogP contribution in [0.4, 0.5) is 10.5 Å². The maximum atomic E-state index is 11.6. The summed E-state index contributed by atoms with van der Waals surface area (Å²) in [5, 5.41) is 2.90. The Balaban J connectivity index is 1.55. The molecule has 2 heterocycles. The third-order valence-electron chi connectivity index (χ3n) is 5.07. The highest BCUT2D eigenvalue weighted by atomic mass is 35.5. The van der Waals surface area contributed by atoms with Gasteiger partial charge in [-0.2, -0.15) is 0 Å². The third-order valence-corrected chi connectivity index (χ3v) is 6.29. The predicted octanol–water partition coefficient (Wildman–Crippen LogP) is 4.92. The minimum absolute atomic E-state index is 0.143. The lowest BCUT2D eigenvalue weighted by atomic mass is 9.96. The minimum atomic E-state index is -0.502. The van der Waals surface area contributed by atoms with Gasteiger partial charge in [-0.15, -0.1) is 11.3 Å². The normalized spacial score (nSPS) is 14.0. The first-order chi connectivity index (χ1) is 13.6. The van der Waals surface area contributed by atoms with Crippen molar-refractivity contribution in [3.63, 3.8) is 0 Å². The van der Waals surface area contributed by atoms with Crippen LogP contribution < -0.4 is 16.0 Å². The van der Waals surface area contributed by atoms with E-state index in [0.29, 0.717) is 6.42 Å². The van der Waals surface area contributed by atoms with Crippen LogP contribution in [0.1, 0.15) is 27.6 Å². The average molecular weight is 412 g/mol. The number of carbonyl (C=O) groups excluding carboxylic acids is 1. The van der Waals surface area contributed by atoms with E-state index in [0.717, 1.165) is 35.0 Å². The van der Waals surface area contributed by atoms with Crippen molar-refractivity contribution in [3.05, 3.63) is 86.6 Å². The zero-order valence-electron chi connectivity index (χ0n) is 15.4. The van der Waals surface area contributed by atoms with E-state index < -0.39 is 6.03 Å². The monoisotopic (exact) mass is 411 g/mol. The summed E-state index contributed by atoms with van der Waals surface area (Å²) >= 11 is 7.69. The molecule has 6 heteroatoms. The molecule has 0 aliphatic carbocycles. The van der Waals surface area contributed by atoms with Gasteiger partial charge in [0.25, 0.3) is 0 Å². The van der Waals surface area contributed by atoms with Gasteiger partial charge in [-0.05, 0) is 47.7 Å². The maximum Gasteiger partial charge on any atom is 0.312 e. The van der Waals surface area contributed by atoms with Gasteiger partial charge in [0.2, 0.25) is 0 Å². The highest BCUT2D eigenvalue weighted by Crippen LogP contribution is 2.34. The number of nitrogens with two attached hydrogens (primary N) is 1. The van der Waals surface area contributed by atoms with E-state index in [1.807, 2.05) is 24.3 Å². The number of urea groups is 1. The van der Waals surface area contributed by atoms with E-state index in [4.69, 9.17) is 17.3 Å². The Bertz CT molecular complexity index is 973. The van der Waals surface area contributed by atoms with Crippen molar-refractivity contribution in [2.24, 2.45) is 5.73 Å². The van der Waals surface area contributed by atoms with Gasteiger partial charge in [0.15, 0.2) is 0 Å². The van der Waals surface area contributed by atoms with Crippen LogP contribution in [-0.2, 0) is 19.4 Å². The molecule has 0 radical (unpaired) electrons. The Morgan fingerprint density at radius 2 is 2.00 bits per heavy atom. The van der Waals surface area contributed by atoms with Crippen LogP contribution in [0.25, 0.3) is 0 Å². The average Bonchev–Trinajstić information content (AvgIpc) is 3.28. The molecule has 4 nitrogen and oxygen atoms in total. The molecule has 4 rings (SSSR count). The SMILES string of the molecule is NC(=O)NC(Cc1ccccc1)c1ccc2c(c1)CCN2Cc1ccc(Cl)s1. The van der Waals surface area contributed by atoms with E-state index in [9.17, 15) is 4.79 Å². The van der Waals surface area contributed by atoms with Crippen molar-refractivity contribution in [1.82, 2.24) is 5.32 Å². The van der Waals surface area contributed by atoms with Crippen molar-refractivity contribution in [3.8, 4) is 0 Å². The van der Waals surface area contributed by atoms with Gasteiger partial charge in [-0.25, -0.2) is 4.79 Å². The van der Waals surface area contributed by atoms with Crippen molar-refractivity contribution < 1.29 is 4.79 Å². The van der Waals surface area contributed by atoms with Crippen molar-refractivity contribution >= 4 is 34.7 Å². The fourth-order valence-electron chi connectivity index (χ4n) is 3.77. The molecule has 2 amide bonds. The van der Waals surface area contributed by atoms with Crippen LogP contribution >= 0.6 is 22.9 Å². The summed E-state index contributed by atoms with van der Waals surface area (Å²) in [6, 6.07) is 20.0. The number of nitrogens with one attached hydrogen (secondary N) is 1. The number of nitrogens with zero attached hydrogens (tertiary/aromatic N) is 1. The number of primary amides is 1. The molecule has 1 aliphatic rings. The molecule has 28 heavy (non-hydrogen) atoms. The Morgan fingerprint density at radius 1 is 1.18 bits per heavy atom. The van der Waals surface area contributed by atoms with E-state index in [-0.39, 0.29) is 6.04 Å². The Morgan fingerprint density at radius 3 is 2.71 bits per heavy atom. The van der Waals surface area contributed by atoms with Crippen LogP contribution in [0.3, 0.4) is 0 Å². The molecule has 144 valence electrons. The van der Waals surface area contributed by atoms with Crippen LogP contribution in [0.2, 0.25) is 4.34 Å². The van der Waals surface area contributed by atoms with E-state index in [1.54, 1.807) is 11.3 Å². The highest BCUT2D eigenvalue weighted by molar-refractivity contribution is 7.16. The molecule has 0 bridgehead atoms. The van der Waals surface area contributed by atoms with Gasteiger partial charge in [0, 0.05) is 17.1 Å². The smallest absolute Gasteiger partial charge is 0.312 e. The topological polar surface area (TPSA) is 58.4 Å². The number of thiophene rings is 1. The Hall–Kier alpha value is -2.50.